The van der Waals surface area contributed by atoms with E-state index in [0.29, 0.717) is 6.42 Å². The van der Waals surface area contributed by atoms with Crippen molar-refractivity contribution in [2.24, 2.45) is 0 Å². The minimum absolute atomic E-state index is 0.0696. The fraction of sp³-hybridized carbons (Fsp3) is 0.348. The molecule has 0 radical (unpaired) electrons. The van der Waals surface area contributed by atoms with Gasteiger partial charge < -0.3 is 15.0 Å². The highest BCUT2D eigenvalue weighted by molar-refractivity contribution is 6.31. The van der Waals surface area contributed by atoms with E-state index in [9.17, 15) is 27.6 Å². The quantitative estimate of drug-likeness (QED) is 0.619. The SMILES string of the molecule is COC(=O)[C@@H]1Cc2ccccc2CN1C(=O)CN(C)CC(=O)Nc1ccc(Cl)c(C(F)(F)F)c1. The Labute approximate surface area is 199 Å². The summed E-state index contributed by atoms with van der Waals surface area (Å²) in [5, 5.41) is 1.90. The Balaban J connectivity index is 1.64. The zero-order valence-corrected chi connectivity index (χ0v) is 19.2. The number of hydrogen-bond acceptors (Lipinski definition) is 5. The minimum atomic E-state index is -4.66. The van der Waals surface area contributed by atoms with E-state index in [1.807, 2.05) is 24.3 Å². The van der Waals surface area contributed by atoms with Crippen molar-refractivity contribution in [2.45, 2.75) is 25.2 Å². The topological polar surface area (TPSA) is 79.0 Å². The molecule has 0 bridgehead atoms. The third-order valence-electron chi connectivity index (χ3n) is 5.42. The van der Waals surface area contributed by atoms with Gasteiger partial charge in [-0.3, -0.25) is 14.5 Å². The highest BCUT2D eigenvalue weighted by Gasteiger charge is 2.36. The molecule has 1 N–H and O–H groups in total. The summed E-state index contributed by atoms with van der Waals surface area (Å²) in [6.07, 6.45) is -4.35. The lowest BCUT2D eigenvalue weighted by Gasteiger charge is -2.36. The maximum absolute atomic E-state index is 13.0. The van der Waals surface area contributed by atoms with Gasteiger partial charge in [0.1, 0.15) is 6.04 Å². The first-order valence-electron chi connectivity index (χ1n) is 10.3. The maximum Gasteiger partial charge on any atom is 0.417 e. The van der Waals surface area contributed by atoms with Crippen LogP contribution in [0.2, 0.25) is 5.02 Å². The lowest BCUT2D eigenvalue weighted by atomic mass is 9.94. The van der Waals surface area contributed by atoms with E-state index in [-0.39, 0.29) is 31.2 Å². The first-order chi connectivity index (χ1) is 16.0. The third kappa shape index (κ3) is 6.06. The highest BCUT2D eigenvalue weighted by atomic mass is 35.5. The number of fused-ring (bicyclic) bond motifs is 1. The number of methoxy groups -OCH3 is 1. The number of esters is 1. The van der Waals surface area contributed by atoms with Crippen molar-refractivity contribution in [1.82, 2.24) is 9.80 Å². The average molecular weight is 498 g/mol. The Bertz CT molecular complexity index is 1090. The Hall–Kier alpha value is -3.11. The van der Waals surface area contributed by atoms with Crippen LogP contribution >= 0.6 is 11.6 Å². The number of amides is 2. The van der Waals surface area contributed by atoms with Gasteiger partial charge in [0.25, 0.3) is 0 Å². The van der Waals surface area contributed by atoms with E-state index in [0.717, 1.165) is 23.3 Å². The Morgan fingerprint density at radius 2 is 1.82 bits per heavy atom. The van der Waals surface area contributed by atoms with Gasteiger partial charge in [0.2, 0.25) is 11.8 Å². The molecule has 2 amide bonds. The maximum atomic E-state index is 13.0. The molecule has 0 aliphatic carbocycles. The summed E-state index contributed by atoms with van der Waals surface area (Å²) < 4.78 is 43.9. The molecule has 1 atom stereocenters. The van der Waals surface area contributed by atoms with Crippen molar-refractivity contribution in [3.05, 3.63) is 64.2 Å². The van der Waals surface area contributed by atoms with Gasteiger partial charge in [-0.05, 0) is 36.4 Å². The van der Waals surface area contributed by atoms with Crippen LogP contribution < -0.4 is 5.32 Å². The van der Waals surface area contributed by atoms with Gasteiger partial charge in [0.15, 0.2) is 0 Å². The summed E-state index contributed by atoms with van der Waals surface area (Å²) in [4.78, 5) is 40.5. The van der Waals surface area contributed by atoms with Gasteiger partial charge >= 0.3 is 12.1 Å². The second kappa shape index (κ2) is 10.4. The largest absolute Gasteiger partial charge is 0.467 e. The molecule has 0 saturated carbocycles. The molecular formula is C23H23ClF3N3O4. The summed E-state index contributed by atoms with van der Waals surface area (Å²) in [6.45, 7) is -0.222. The van der Waals surface area contributed by atoms with Gasteiger partial charge in [0.05, 0.1) is 30.8 Å². The van der Waals surface area contributed by atoms with Crippen LogP contribution in [0, 0.1) is 0 Å². The van der Waals surface area contributed by atoms with Crippen LogP contribution in [0.4, 0.5) is 18.9 Å². The molecule has 1 aliphatic heterocycles. The number of ether oxygens (including phenoxy) is 1. The second-order valence-corrected chi connectivity index (χ2v) is 8.35. The highest BCUT2D eigenvalue weighted by Crippen LogP contribution is 2.36. The fourth-order valence-corrected chi connectivity index (χ4v) is 4.00. The zero-order valence-electron chi connectivity index (χ0n) is 18.5. The molecule has 0 unspecified atom stereocenters. The standard InChI is InChI=1S/C23H23ClF3N3O4/c1-29(12-20(31)28-16-7-8-18(24)17(10-16)23(25,26)27)13-21(32)30-11-15-6-4-3-5-14(15)9-19(30)22(33)34-2/h3-8,10,19H,9,11-13H2,1-2H3,(H,28,31)/t19-/m0/s1. The molecule has 0 saturated heterocycles. The second-order valence-electron chi connectivity index (χ2n) is 7.95. The van der Waals surface area contributed by atoms with Crippen LogP contribution in [-0.4, -0.2) is 60.9 Å². The summed E-state index contributed by atoms with van der Waals surface area (Å²) >= 11 is 5.59. The molecule has 0 fully saturated rings. The third-order valence-corrected chi connectivity index (χ3v) is 5.75. The molecule has 11 heteroatoms. The van der Waals surface area contributed by atoms with Gasteiger partial charge in [0, 0.05) is 18.7 Å². The van der Waals surface area contributed by atoms with Crippen LogP contribution in [0.15, 0.2) is 42.5 Å². The number of benzene rings is 2. The lowest BCUT2D eigenvalue weighted by molar-refractivity contribution is -0.154. The summed E-state index contributed by atoms with van der Waals surface area (Å²) in [6, 6.07) is 9.74. The molecule has 1 heterocycles. The molecule has 3 rings (SSSR count). The van der Waals surface area contributed by atoms with Crippen LogP contribution in [0.1, 0.15) is 16.7 Å². The first-order valence-corrected chi connectivity index (χ1v) is 10.7. The molecular weight excluding hydrogens is 475 g/mol. The number of anilines is 1. The van der Waals surface area contributed by atoms with Crippen LogP contribution in [0.25, 0.3) is 0 Å². The van der Waals surface area contributed by atoms with Gasteiger partial charge in [-0.2, -0.15) is 13.2 Å². The molecule has 34 heavy (non-hydrogen) atoms. The van der Waals surface area contributed by atoms with Crippen molar-refractivity contribution in [3.63, 3.8) is 0 Å². The number of halogens is 4. The molecule has 2 aromatic carbocycles. The Morgan fingerprint density at radius 3 is 2.47 bits per heavy atom. The summed E-state index contributed by atoms with van der Waals surface area (Å²) in [5.74, 6) is -1.53. The predicted molar refractivity (Wildman–Crippen MR) is 119 cm³/mol. The van der Waals surface area contributed by atoms with Crippen molar-refractivity contribution >= 4 is 35.1 Å². The van der Waals surface area contributed by atoms with E-state index < -0.39 is 34.7 Å². The number of alkyl halides is 3. The van der Waals surface area contributed by atoms with Crippen LogP contribution in [-0.2, 0) is 38.3 Å². The van der Waals surface area contributed by atoms with Crippen molar-refractivity contribution in [3.8, 4) is 0 Å². The number of likely N-dealkylation sites (N-methyl/N-ethyl adjacent to an activating group) is 1. The zero-order chi connectivity index (χ0) is 25.0. The first kappa shape index (κ1) is 25.5. The summed E-state index contributed by atoms with van der Waals surface area (Å²) in [7, 11) is 2.77. The van der Waals surface area contributed by atoms with Gasteiger partial charge in [-0.1, -0.05) is 35.9 Å². The van der Waals surface area contributed by atoms with E-state index >= 15 is 0 Å². The smallest absolute Gasteiger partial charge is 0.417 e. The number of hydrogen-bond donors (Lipinski definition) is 1. The molecule has 1 aliphatic rings. The molecule has 7 nitrogen and oxygen atoms in total. The number of carbonyl (C=O) groups is 3. The van der Waals surface area contributed by atoms with Crippen molar-refractivity contribution < 1.29 is 32.3 Å². The van der Waals surface area contributed by atoms with E-state index in [1.54, 1.807) is 0 Å². The molecule has 0 aromatic heterocycles. The predicted octanol–water partition coefficient (Wildman–Crippen LogP) is 3.36. The van der Waals surface area contributed by atoms with Gasteiger partial charge in [-0.25, -0.2) is 4.79 Å². The number of rotatable bonds is 6. The minimum Gasteiger partial charge on any atom is -0.467 e. The van der Waals surface area contributed by atoms with Crippen molar-refractivity contribution in [2.75, 3.05) is 32.6 Å². The van der Waals surface area contributed by atoms with E-state index in [2.05, 4.69) is 5.32 Å². The molecule has 0 spiro atoms. The average Bonchev–Trinajstić information content (AvgIpc) is 2.77. The molecule has 182 valence electrons. The van der Waals surface area contributed by atoms with Gasteiger partial charge in [-0.15, -0.1) is 0 Å². The normalized spacial score (nSPS) is 15.6. The molecule has 2 aromatic rings. The Kier molecular flexibility index (Phi) is 7.83. The fourth-order valence-electron chi connectivity index (χ4n) is 3.78. The van der Waals surface area contributed by atoms with Crippen LogP contribution in [0.3, 0.4) is 0 Å². The number of nitrogens with one attached hydrogen (secondary N) is 1. The van der Waals surface area contributed by atoms with E-state index in [1.165, 1.54) is 30.0 Å². The van der Waals surface area contributed by atoms with Crippen LogP contribution in [0.5, 0.6) is 0 Å². The monoisotopic (exact) mass is 497 g/mol. The Morgan fingerprint density at radius 1 is 1.15 bits per heavy atom. The van der Waals surface area contributed by atoms with Crippen molar-refractivity contribution in [1.29, 1.82) is 0 Å². The van der Waals surface area contributed by atoms with E-state index in [4.69, 9.17) is 16.3 Å². The summed E-state index contributed by atoms with van der Waals surface area (Å²) in [5.41, 5.74) is 0.741. The number of carbonyl (C=O) groups excluding carboxylic acids is 3. The lowest BCUT2D eigenvalue weighted by Crippen LogP contribution is -2.52. The number of nitrogens with zero attached hydrogens (tertiary/aromatic N) is 2.